The zero-order valence-electron chi connectivity index (χ0n) is 19.4. The number of methoxy groups -OCH3 is 1. The molecule has 0 aliphatic rings. The predicted octanol–water partition coefficient (Wildman–Crippen LogP) is 5.61. The SMILES string of the molecule is CCCc1cc(F)c(-c2ccccc2)cc1NS(=O)(=O)c1cc(C(=O)N(C)C)cc(Cl)c1OC. The molecule has 0 unspecified atom stereocenters. The Morgan fingerprint density at radius 1 is 1.12 bits per heavy atom. The van der Waals surface area contributed by atoms with E-state index < -0.39 is 21.7 Å². The highest BCUT2D eigenvalue weighted by Crippen LogP contribution is 2.36. The first-order valence-electron chi connectivity index (χ1n) is 10.6. The zero-order chi connectivity index (χ0) is 25.0. The highest BCUT2D eigenvalue weighted by atomic mass is 35.5. The minimum Gasteiger partial charge on any atom is -0.494 e. The third-order valence-electron chi connectivity index (χ3n) is 5.20. The molecule has 0 atom stereocenters. The van der Waals surface area contributed by atoms with Gasteiger partial charge in [0.2, 0.25) is 0 Å². The quantitative estimate of drug-likeness (QED) is 0.432. The van der Waals surface area contributed by atoms with Crippen LogP contribution >= 0.6 is 11.6 Å². The van der Waals surface area contributed by atoms with Crippen LogP contribution in [0.1, 0.15) is 29.3 Å². The van der Waals surface area contributed by atoms with Crippen molar-refractivity contribution >= 4 is 33.2 Å². The van der Waals surface area contributed by atoms with E-state index in [4.69, 9.17) is 16.3 Å². The number of hydrogen-bond donors (Lipinski definition) is 1. The van der Waals surface area contributed by atoms with E-state index in [1.807, 2.05) is 13.0 Å². The van der Waals surface area contributed by atoms with Crippen LogP contribution in [0.3, 0.4) is 0 Å². The molecule has 0 spiro atoms. The van der Waals surface area contributed by atoms with Crippen LogP contribution in [-0.4, -0.2) is 40.4 Å². The predicted molar refractivity (Wildman–Crippen MR) is 133 cm³/mol. The summed E-state index contributed by atoms with van der Waals surface area (Å²) < 4.78 is 49.7. The Morgan fingerprint density at radius 2 is 1.79 bits per heavy atom. The standard InChI is InChI=1S/C25H26ClFN2O4S/c1-5-9-17-13-21(27)19(16-10-7-6-8-11-16)15-22(17)28-34(31,32)23-14-18(25(30)29(2)3)12-20(26)24(23)33-4/h6-8,10-15,28H,5,9H2,1-4H3. The summed E-state index contributed by atoms with van der Waals surface area (Å²) in [6.45, 7) is 1.92. The maximum absolute atomic E-state index is 14.9. The summed E-state index contributed by atoms with van der Waals surface area (Å²) in [4.78, 5) is 13.5. The van der Waals surface area contributed by atoms with Crippen LogP contribution in [0.4, 0.5) is 10.1 Å². The van der Waals surface area contributed by atoms with E-state index in [0.717, 1.165) is 0 Å². The van der Waals surface area contributed by atoms with Gasteiger partial charge in [-0.25, -0.2) is 12.8 Å². The van der Waals surface area contributed by atoms with Crippen molar-refractivity contribution in [3.05, 3.63) is 76.6 Å². The fourth-order valence-corrected chi connectivity index (χ4v) is 5.23. The highest BCUT2D eigenvalue weighted by Gasteiger charge is 2.26. The average Bonchev–Trinajstić information content (AvgIpc) is 2.80. The topological polar surface area (TPSA) is 75.7 Å². The lowest BCUT2D eigenvalue weighted by Crippen LogP contribution is -2.23. The number of carbonyl (C=O) groups is 1. The Kier molecular flexibility index (Phi) is 7.84. The van der Waals surface area contributed by atoms with Crippen LogP contribution in [0.5, 0.6) is 5.75 Å². The number of nitrogens with zero attached hydrogens (tertiary/aromatic N) is 1. The Balaban J connectivity index is 2.16. The molecule has 3 rings (SSSR count). The highest BCUT2D eigenvalue weighted by molar-refractivity contribution is 7.92. The number of nitrogens with one attached hydrogen (secondary N) is 1. The number of halogens is 2. The molecule has 3 aromatic carbocycles. The first-order valence-corrected chi connectivity index (χ1v) is 12.4. The number of sulfonamides is 1. The second kappa shape index (κ2) is 10.4. The third-order valence-corrected chi connectivity index (χ3v) is 6.85. The van der Waals surface area contributed by atoms with Crippen molar-refractivity contribution in [2.75, 3.05) is 25.9 Å². The van der Waals surface area contributed by atoms with Crippen molar-refractivity contribution in [1.29, 1.82) is 0 Å². The number of amides is 1. The largest absolute Gasteiger partial charge is 0.494 e. The number of hydrogen-bond acceptors (Lipinski definition) is 4. The molecule has 0 saturated heterocycles. The number of rotatable bonds is 8. The Hall–Kier alpha value is -3.10. The van der Waals surface area contributed by atoms with E-state index in [2.05, 4.69) is 4.72 Å². The monoisotopic (exact) mass is 504 g/mol. The van der Waals surface area contributed by atoms with Gasteiger partial charge in [-0.15, -0.1) is 0 Å². The van der Waals surface area contributed by atoms with Crippen molar-refractivity contribution in [3.63, 3.8) is 0 Å². The second-order valence-electron chi connectivity index (χ2n) is 7.90. The lowest BCUT2D eigenvalue weighted by molar-refractivity contribution is 0.0827. The summed E-state index contributed by atoms with van der Waals surface area (Å²) in [6, 6.07) is 14.3. The molecule has 3 aromatic rings. The van der Waals surface area contributed by atoms with Gasteiger partial charge >= 0.3 is 0 Å². The molecule has 34 heavy (non-hydrogen) atoms. The van der Waals surface area contributed by atoms with Crippen molar-refractivity contribution in [3.8, 4) is 16.9 Å². The van der Waals surface area contributed by atoms with Crippen LogP contribution < -0.4 is 9.46 Å². The van der Waals surface area contributed by atoms with E-state index in [9.17, 15) is 17.6 Å². The second-order valence-corrected chi connectivity index (χ2v) is 9.96. The maximum atomic E-state index is 14.9. The van der Waals surface area contributed by atoms with E-state index in [1.165, 1.54) is 36.3 Å². The number of anilines is 1. The van der Waals surface area contributed by atoms with Gasteiger partial charge in [0.05, 0.1) is 17.8 Å². The van der Waals surface area contributed by atoms with Gasteiger partial charge in [0.25, 0.3) is 15.9 Å². The van der Waals surface area contributed by atoms with Crippen LogP contribution in [0.25, 0.3) is 11.1 Å². The first-order chi connectivity index (χ1) is 16.1. The van der Waals surface area contributed by atoms with Gasteiger partial charge in [0.1, 0.15) is 10.7 Å². The van der Waals surface area contributed by atoms with E-state index in [1.54, 1.807) is 38.4 Å². The summed E-state index contributed by atoms with van der Waals surface area (Å²) in [7, 11) is 0.126. The smallest absolute Gasteiger partial charge is 0.265 e. The van der Waals surface area contributed by atoms with Gasteiger partial charge in [-0.2, -0.15) is 0 Å². The molecular formula is C25H26ClFN2O4S. The molecule has 1 N–H and O–H groups in total. The van der Waals surface area contributed by atoms with E-state index in [-0.39, 0.29) is 32.5 Å². The lowest BCUT2D eigenvalue weighted by Gasteiger charge is -2.18. The number of aryl methyl sites for hydroxylation is 1. The fraction of sp³-hybridized carbons (Fsp3) is 0.240. The lowest BCUT2D eigenvalue weighted by atomic mass is 10.00. The number of benzene rings is 3. The minimum atomic E-state index is -4.27. The third kappa shape index (κ3) is 5.34. The molecule has 0 aliphatic carbocycles. The summed E-state index contributed by atoms with van der Waals surface area (Å²) >= 11 is 6.26. The molecule has 0 heterocycles. The van der Waals surface area contributed by atoms with Crippen LogP contribution in [0.2, 0.25) is 5.02 Å². The average molecular weight is 505 g/mol. The van der Waals surface area contributed by atoms with Crippen molar-refractivity contribution in [2.24, 2.45) is 0 Å². The summed E-state index contributed by atoms with van der Waals surface area (Å²) in [5.41, 5.74) is 1.72. The Bertz CT molecular complexity index is 1310. The molecule has 9 heteroatoms. The summed E-state index contributed by atoms with van der Waals surface area (Å²) in [6.07, 6.45) is 1.14. The molecule has 1 amide bonds. The van der Waals surface area contributed by atoms with Crippen LogP contribution in [0, 0.1) is 5.82 Å². The number of carbonyl (C=O) groups excluding carboxylic acids is 1. The summed E-state index contributed by atoms with van der Waals surface area (Å²) in [5.74, 6) is -0.954. The van der Waals surface area contributed by atoms with Crippen molar-refractivity contribution < 1.29 is 22.3 Å². The molecule has 0 saturated carbocycles. The Morgan fingerprint density at radius 3 is 2.38 bits per heavy atom. The van der Waals surface area contributed by atoms with Crippen LogP contribution in [0.15, 0.2) is 59.5 Å². The first kappa shape index (κ1) is 25.5. The maximum Gasteiger partial charge on any atom is 0.265 e. The van der Waals surface area contributed by atoms with Crippen molar-refractivity contribution in [2.45, 2.75) is 24.7 Å². The molecular weight excluding hydrogens is 479 g/mol. The van der Waals surface area contributed by atoms with E-state index >= 15 is 0 Å². The van der Waals surface area contributed by atoms with Crippen LogP contribution in [-0.2, 0) is 16.4 Å². The molecule has 0 aliphatic heterocycles. The zero-order valence-corrected chi connectivity index (χ0v) is 20.9. The molecule has 0 radical (unpaired) electrons. The molecule has 0 fully saturated rings. The normalized spacial score (nSPS) is 11.2. The van der Waals surface area contributed by atoms with Gasteiger partial charge < -0.3 is 9.64 Å². The van der Waals surface area contributed by atoms with Gasteiger partial charge in [-0.05, 0) is 41.8 Å². The van der Waals surface area contributed by atoms with Gasteiger partial charge in [0, 0.05) is 25.2 Å². The fourth-order valence-electron chi connectivity index (χ4n) is 3.57. The Labute approximate surface area is 204 Å². The number of ether oxygens (including phenoxy) is 1. The van der Waals surface area contributed by atoms with E-state index in [0.29, 0.717) is 24.0 Å². The molecule has 180 valence electrons. The van der Waals surface area contributed by atoms with Crippen molar-refractivity contribution in [1.82, 2.24) is 4.90 Å². The summed E-state index contributed by atoms with van der Waals surface area (Å²) in [5, 5.41) is -0.0200. The minimum absolute atomic E-state index is 0.0200. The molecule has 6 nitrogen and oxygen atoms in total. The molecule has 0 bridgehead atoms. The van der Waals surface area contributed by atoms with Gasteiger partial charge in [0.15, 0.2) is 5.75 Å². The van der Waals surface area contributed by atoms with Gasteiger partial charge in [-0.3, -0.25) is 9.52 Å². The molecule has 0 aromatic heterocycles. The van der Waals surface area contributed by atoms with Gasteiger partial charge in [-0.1, -0.05) is 55.3 Å².